The van der Waals surface area contributed by atoms with E-state index >= 15 is 0 Å². The number of carbonyl (C=O) groups is 2. The molecule has 2 aromatic rings. The van der Waals surface area contributed by atoms with Crippen LogP contribution in [0, 0.1) is 0 Å². The lowest BCUT2D eigenvalue weighted by molar-refractivity contribution is -0.142. The van der Waals surface area contributed by atoms with Crippen molar-refractivity contribution in [2.24, 2.45) is 0 Å². The van der Waals surface area contributed by atoms with Crippen molar-refractivity contribution in [1.82, 2.24) is 10.3 Å². The van der Waals surface area contributed by atoms with Crippen molar-refractivity contribution >= 4 is 22.8 Å². The summed E-state index contributed by atoms with van der Waals surface area (Å²) in [4.78, 5) is 26.4. The lowest BCUT2D eigenvalue weighted by Crippen LogP contribution is -2.42. The SMILES string of the molecule is COCCOCCC(=O)NC(Cc1c[nH]c2ccccc12)C(=O)O. The first-order valence-electron chi connectivity index (χ1n) is 7.75. The molecule has 0 fully saturated rings. The highest BCUT2D eigenvalue weighted by Gasteiger charge is 2.21. The van der Waals surface area contributed by atoms with E-state index in [2.05, 4.69) is 10.3 Å². The largest absolute Gasteiger partial charge is 0.480 e. The minimum atomic E-state index is -1.06. The molecule has 0 spiro atoms. The van der Waals surface area contributed by atoms with Gasteiger partial charge >= 0.3 is 5.97 Å². The molecule has 1 aromatic heterocycles. The van der Waals surface area contributed by atoms with Gasteiger partial charge in [-0.25, -0.2) is 4.79 Å². The van der Waals surface area contributed by atoms with Gasteiger partial charge in [-0.3, -0.25) is 4.79 Å². The van der Waals surface area contributed by atoms with Crippen LogP contribution in [0.25, 0.3) is 10.9 Å². The van der Waals surface area contributed by atoms with Gasteiger partial charge < -0.3 is 24.9 Å². The second-order valence-electron chi connectivity index (χ2n) is 5.38. The molecule has 0 saturated heterocycles. The lowest BCUT2D eigenvalue weighted by atomic mass is 10.0. The van der Waals surface area contributed by atoms with Crippen molar-refractivity contribution in [3.63, 3.8) is 0 Å². The number of aromatic nitrogens is 1. The Morgan fingerprint density at radius 2 is 2.04 bits per heavy atom. The maximum atomic E-state index is 11.9. The quantitative estimate of drug-likeness (QED) is 0.569. The normalized spacial score (nSPS) is 12.2. The fraction of sp³-hybridized carbons (Fsp3) is 0.412. The topological polar surface area (TPSA) is 101 Å². The summed E-state index contributed by atoms with van der Waals surface area (Å²) in [5, 5.41) is 12.9. The van der Waals surface area contributed by atoms with Crippen LogP contribution in [-0.4, -0.2) is 54.9 Å². The van der Waals surface area contributed by atoms with E-state index < -0.39 is 12.0 Å². The van der Waals surface area contributed by atoms with E-state index in [9.17, 15) is 14.7 Å². The van der Waals surface area contributed by atoms with Gasteiger partial charge in [-0.2, -0.15) is 0 Å². The van der Waals surface area contributed by atoms with E-state index in [0.717, 1.165) is 16.5 Å². The third-order valence-electron chi connectivity index (χ3n) is 3.64. The second kappa shape index (κ2) is 9.05. The van der Waals surface area contributed by atoms with Gasteiger partial charge in [-0.05, 0) is 11.6 Å². The van der Waals surface area contributed by atoms with Gasteiger partial charge in [0.1, 0.15) is 6.04 Å². The maximum Gasteiger partial charge on any atom is 0.326 e. The fourth-order valence-corrected chi connectivity index (χ4v) is 2.40. The Labute approximate surface area is 140 Å². The molecule has 1 atom stereocenters. The summed E-state index contributed by atoms with van der Waals surface area (Å²) in [7, 11) is 1.57. The summed E-state index contributed by atoms with van der Waals surface area (Å²) < 4.78 is 10.0. The molecule has 1 heterocycles. The minimum Gasteiger partial charge on any atom is -0.480 e. The monoisotopic (exact) mass is 334 g/mol. The van der Waals surface area contributed by atoms with Gasteiger partial charge in [-0.15, -0.1) is 0 Å². The Balaban J connectivity index is 1.90. The predicted octanol–water partition coefficient (Wildman–Crippen LogP) is 1.33. The number of para-hydroxylation sites is 1. The Bertz CT molecular complexity index is 682. The zero-order valence-electron chi connectivity index (χ0n) is 13.6. The fourth-order valence-electron chi connectivity index (χ4n) is 2.40. The number of nitrogens with one attached hydrogen (secondary N) is 2. The highest BCUT2D eigenvalue weighted by molar-refractivity contribution is 5.86. The Kier molecular flexibility index (Phi) is 6.77. The number of aromatic amines is 1. The van der Waals surface area contributed by atoms with Gasteiger partial charge in [0.2, 0.25) is 5.91 Å². The van der Waals surface area contributed by atoms with Crippen LogP contribution < -0.4 is 5.32 Å². The predicted molar refractivity (Wildman–Crippen MR) is 88.9 cm³/mol. The molecule has 24 heavy (non-hydrogen) atoms. The third kappa shape index (κ3) is 5.07. The molecular formula is C17H22N2O5. The standard InChI is InChI=1S/C17H22N2O5/c1-23-8-9-24-7-6-16(20)19-15(17(21)22)10-12-11-18-14-5-3-2-4-13(12)14/h2-5,11,15,18H,6-10H2,1H3,(H,19,20)(H,21,22). The minimum absolute atomic E-state index is 0.112. The first-order valence-corrected chi connectivity index (χ1v) is 7.75. The molecule has 3 N–H and O–H groups in total. The second-order valence-corrected chi connectivity index (χ2v) is 5.38. The van der Waals surface area contributed by atoms with Gasteiger partial charge in [-0.1, -0.05) is 18.2 Å². The number of benzene rings is 1. The molecule has 0 radical (unpaired) electrons. The smallest absolute Gasteiger partial charge is 0.326 e. The number of hydrogen-bond donors (Lipinski definition) is 3. The van der Waals surface area contributed by atoms with E-state index in [4.69, 9.17) is 9.47 Å². The van der Waals surface area contributed by atoms with Gasteiger partial charge in [0.25, 0.3) is 0 Å². The summed E-state index contributed by atoms with van der Waals surface area (Å²) in [6.07, 6.45) is 2.11. The average molecular weight is 334 g/mol. The molecule has 130 valence electrons. The van der Waals surface area contributed by atoms with E-state index in [0.29, 0.717) is 13.2 Å². The van der Waals surface area contributed by atoms with Crippen LogP contribution in [0.3, 0.4) is 0 Å². The zero-order valence-corrected chi connectivity index (χ0v) is 13.6. The molecule has 1 unspecified atom stereocenters. The summed E-state index contributed by atoms with van der Waals surface area (Å²) in [5.41, 5.74) is 1.80. The number of carboxylic acid groups (broad SMARTS) is 1. The van der Waals surface area contributed by atoms with E-state index in [1.165, 1.54) is 0 Å². The number of H-pyrrole nitrogens is 1. The molecule has 1 aromatic carbocycles. The van der Waals surface area contributed by atoms with Gasteiger partial charge in [0, 0.05) is 37.1 Å². The number of aliphatic carboxylic acids is 1. The third-order valence-corrected chi connectivity index (χ3v) is 3.64. The Morgan fingerprint density at radius 3 is 2.79 bits per heavy atom. The molecule has 0 bridgehead atoms. The number of hydrogen-bond acceptors (Lipinski definition) is 4. The summed E-state index contributed by atoms with van der Waals surface area (Å²) in [6.45, 7) is 1.09. The molecule has 0 aliphatic heterocycles. The Hall–Kier alpha value is -2.38. The van der Waals surface area contributed by atoms with Crippen LogP contribution >= 0.6 is 0 Å². The molecular weight excluding hydrogens is 312 g/mol. The molecule has 7 heteroatoms. The molecule has 7 nitrogen and oxygen atoms in total. The first-order chi connectivity index (χ1) is 11.6. The van der Waals surface area contributed by atoms with Crippen LogP contribution in [0.4, 0.5) is 0 Å². The molecule has 0 saturated carbocycles. The molecule has 1 amide bonds. The van der Waals surface area contributed by atoms with Crippen molar-refractivity contribution in [3.05, 3.63) is 36.0 Å². The van der Waals surface area contributed by atoms with Crippen molar-refractivity contribution in [2.75, 3.05) is 26.9 Å². The van der Waals surface area contributed by atoms with E-state index in [1.807, 2.05) is 24.3 Å². The number of ether oxygens (including phenoxy) is 2. The Morgan fingerprint density at radius 1 is 1.25 bits per heavy atom. The molecule has 2 rings (SSSR count). The number of fused-ring (bicyclic) bond motifs is 1. The van der Waals surface area contributed by atoms with Gasteiger partial charge in [0.05, 0.1) is 19.8 Å². The van der Waals surface area contributed by atoms with Gasteiger partial charge in [0.15, 0.2) is 0 Å². The van der Waals surface area contributed by atoms with E-state index in [-0.39, 0.29) is 25.4 Å². The van der Waals surface area contributed by atoms with Crippen LogP contribution in [-0.2, 0) is 25.5 Å². The summed E-state index contributed by atoms with van der Waals surface area (Å²) in [6, 6.07) is 6.67. The van der Waals surface area contributed by atoms with Crippen molar-refractivity contribution in [3.8, 4) is 0 Å². The number of amides is 1. The molecule has 0 aliphatic rings. The highest BCUT2D eigenvalue weighted by Crippen LogP contribution is 2.19. The van der Waals surface area contributed by atoms with Crippen molar-refractivity contribution in [1.29, 1.82) is 0 Å². The van der Waals surface area contributed by atoms with Crippen LogP contribution in [0.1, 0.15) is 12.0 Å². The highest BCUT2D eigenvalue weighted by atomic mass is 16.5. The summed E-state index contributed by atoms with van der Waals surface area (Å²) in [5.74, 6) is -1.41. The van der Waals surface area contributed by atoms with Crippen molar-refractivity contribution in [2.45, 2.75) is 18.9 Å². The van der Waals surface area contributed by atoms with Crippen LogP contribution in [0.5, 0.6) is 0 Å². The first kappa shape index (κ1) is 18.0. The van der Waals surface area contributed by atoms with Crippen molar-refractivity contribution < 1.29 is 24.2 Å². The number of methoxy groups -OCH3 is 1. The average Bonchev–Trinajstić information content (AvgIpc) is 2.97. The number of rotatable bonds is 10. The summed E-state index contributed by atoms with van der Waals surface area (Å²) >= 11 is 0. The number of carboxylic acids is 1. The lowest BCUT2D eigenvalue weighted by Gasteiger charge is -2.14. The zero-order chi connectivity index (χ0) is 17.4. The van der Waals surface area contributed by atoms with E-state index in [1.54, 1.807) is 13.3 Å². The van der Waals surface area contributed by atoms with Crippen LogP contribution in [0.2, 0.25) is 0 Å². The number of carbonyl (C=O) groups excluding carboxylic acids is 1. The molecule has 0 aliphatic carbocycles. The maximum absolute atomic E-state index is 11.9. The van der Waals surface area contributed by atoms with Crippen LogP contribution in [0.15, 0.2) is 30.5 Å².